The third-order valence-electron chi connectivity index (χ3n) is 5.72. The van der Waals surface area contributed by atoms with Crippen LogP contribution in [0.1, 0.15) is 52.5 Å². The number of likely N-dealkylation sites (tertiary alicyclic amines) is 1. The van der Waals surface area contributed by atoms with Gasteiger partial charge < -0.3 is 15.5 Å². The molecule has 0 saturated carbocycles. The van der Waals surface area contributed by atoms with E-state index in [1.165, 1.54) is 0 Å². The highest BCUT2D eigenvalue weighted by Crippen LogP contribution is 2.23. The molecule has 1 fully saturated rings. The maximum Gasteiger partial charge on any atom is 0.253 e. The van der Waals surface area contributed by atoms with Gasteiger partial charge in [0, 0.05) is 30.8 Å². The second kappa shape index (κ2) is 10.8. The molecule has 2 aromatic carbocycles. The molecule has 2 aromatic rings. The van der Waals surface area contributed by atoms with E-state index in [0.29, 0.717) is 43.6 Å². The van der Waals surface area contributed by atoms with Gasteiger partial charge in [-0.25, -0.2) is 0 Å². The van der Waals surface area contributed by atoms with E-state index >= 15 is 0 Å². The normalized spacial score (nSPS) is 15.2. The quantitative estimate of drug-likeness (QED) is 0.721. The molecule has 0 aromatic heterocycles. The molecule has 0 spiro atoms. The molecule has 6 nitrogen and oxygen atoms in total. The van der Waals surface area contributed by atoms with Gasteiger partial charge in [-0.1, -0.05) is 42.8 Å². The van der Waals surface area contributed by atoms with Crippen molar-refractivity contribution in [3.63, 3.8) is 0 Å². The Labute approximate surface area is 184 Å². The van der Waals surface area contributed by atoms with Gasteiger partial charge in [0.15, 0.2) is 0 Å². The van der Waals surface area contributed by atoms with Gasteiger partial charge in [0.2, 0.25) is 5.91 Å². The SMILES string of the molecule is CCCNC(=O)[C@@H](NC(=O)c1ccccc1)C1CCN(C(=O)c2cccc(C)c2)CC1. The van der Waals surface area contributed by atoms with E-state index in [-0.39, 0.29) is 23.6 Å². The lowest BCUT2D eigenvalue weighted by Gasteiger charge is -2.36. The molecule has 0 radical (unpaired) electrons. The topological polar surface area (TPSA) is 78.5 Å². The van der Waals surface area contributed by atoms with Crippen molar-refractivity contribution in [3.05, 3.63) is 71.3 Å². The van der Waals surface area contributed by atoms with Crippen LogP contribution in [0.4, 0.5) is 0 Å². The van der Waals surface area contributed by atoms with Crippen molar-refractivity contribution in [3.8, 4) is 0 Å². The van der Waals surface area contributed by atoms with Gasteiger partial charge in [-0.15, -0.1) is 0 Å². The Balaban J connectivity index is 1.66. The van der Waals surface area contributed by atoms with Gasteiger partial charge >= 0.3 is 0 Å². The van der Waals surface area contributed by atoms with Crippen molar-refractivity contribution in [2.75, 3.05) is 19.6 Å². The van der Waals surface area contributed by atoms with Crippen LogP contribution in [0.3, 0.4) is 0 Å². The molecule has 1 atom stereocenters. The first-order chi connectivity index (χ1) is 15.0. The van der Waals surface area contributed by atoms with Crippen LogP contribution in [0, 0.1) is 12.8 Å². The van der Waals surface area contributed by atoms with Crippen molar-refractivity contribution in [2.45, 2.75) is 39.2 Å². The smallest absolute Gasteiger partial charge is 0.253 e. The Kier molecular flexibility index (Phi) is 7.82. The average molecular weight is 422 g/mol. The van der Waals surface area contributed by atoms with E-state index in [2.05, 4.69) is 10.6 Å². The van der Waals surface area contributed by atoms with E-state index in [4.69, 9.17) is 0 Å². The summed E-state index contributed by atoms with van der Waals surface area (Å²) >= 11 is 0. The number of hydrogen-bond acceptors (Lipinski definition) is 3. The zero-order valence-electron chi connectivity index (χ0n) is 18.3. The summed E-state index contributed by atoms with van der Waals surface area (Å²) in [6.07, 6.45) is 2.15. The van der Waals surface area contributed by atoms with Crippen molar-refractivity contribution in [1.82, 2.24) is 15.5 Å². The number of hydrogen-bond donors (Lipinski definition) is 2. The Morgan fingerprint density at radius 2 is 1.68 bits per heavy atom. The number of aryl methyl sites for hydroxylation is 1. The van der Waals surface area contributed by atoms with Crippen LogP contribution >= 0.6 is 0 Å². The molecule has 0 bridgehead atoms. The number of benzene rings is 2. The molecule has 3 rings (SSSR count). The van der Waals surface area contributed by atoms with Crippen LogP contribution in [0.2, 0.25) is 0 Å². The monoisotopic (exact) mass is 421 g/mol. The van der Waals surface area contributed by atoms with Gasteiger partial charge in [-0.2, -0.15) is 0 Å². The summed E-state index contributed by atoms with van der Waals surface area (Å²) in [6.45, 7) is 5.67. The third-order valence-corrected chi connectivity index (χ3v) is 5.72. The zero-order chi connectivity index (χ0) is 22.2. The molecule has 1 heterocycles. The van der Waals surface area contributed by atoms with Crippen LogP contribution in [0.15, 0.2) is 54.6 Å². The number of nitrogens with one attached hydrogen (secondary N) is 2. The third kappa shape index (κ3) is 5.94. The Bertz CT molecular complexity index is 905. The fourth-order valence-corrected chi connectivity index (χ4v) is 3.97. The first-order valence-corrected chi connectivity index (χ1v) is 11.0. The molecule has 0 unspecified atom stereocenters. The summed E-state index contributed by atoms with van der Waals surface area (Å²) in [5.41, 5.74) is 2.27. The second-order valence-corrected chi connectivity index (χ2v) is 8.11. The van der Waals surface area contributed by atoms with Crippen LogP contribution in [0.25, 0.3) is 0 Å². The van der Waals surface area contributed by atoms with E-state index in [9.17, 15) is 14.4 Å². The Morgan fingerprint density at radius 3 is 2.32 bits per heavy atom. The van der Waals surface area contributed by atoms with Crippen molar-refractivity contribution in [2.24, 2.45) is 5.92 Å². The fraction of sp³-hybridized carbons (Fsp3) is 0.400. The maximum atomic E-state index is 12.8. The number of carbonyl (C=O) groups is 3. The average Bonchev–Trinajstić information content (AvgIpc) is 2.81. The summed E-state index contributed by atoms with van der Waals surface area (Å²) in [5.74, 6) is -0.418. The van der Waals surface area contributed by atoms with Gasteiger partial charge in [0.05, 0.1) is 0 Å². The van der Waals surface area contributed by atoms with E-state index in [1.54, 1.807) is 24.3 Å². The van der Waals surface area contributed by atoms with Gasteiger partial charge in [0.25, 0.3) is 11.8 Å². The largest absolute Gasteiger partial charge is 0.354 e. The van der Waals surface area contributed by atoms with Crippen LogP contribution in [0.5, 0.6) is 0 Å². The number of nitrogens with zero attached hydrogens (tertiary/aromatic N) is 1. The van der Waals surface area contributed by atoms with Crippen LogP contribution in [-0.2, 0) is 4.79 Å². The highest BCUT2D eigenvalue weighted by Gasteiger charge is 2.34. The molecular formula is C25H31N3O3. The minimum atomic E-state index is -0.615. The molecule has 1 aliphatic rings. The maximum absolute atomic E-state index is 12.8. The van der Waals surface area contributed by atoms with Crippen molar-refractivity contribution < 1.29 is 14.4 Å². The highest BCUT2D eigenvalue weighted by molar-refractivity contribution is 5.97. The lowest BCUT2D eigenvalue weighted by atomic mass is 9.88. The van der Waals surface area contributed by atoms with Gasteiger partial charge in [-0.3, -0.25) is 14.4 Å². The second-order valence-electron chi connectivity index (χ2n) is 8.11. The van der Waals surface area contributed by atoms with Gasteiger partial charge in [0.1, 0.15) is 6.04 Å². The molecule has 1 aliphatic heterocycles. The minimum absolute atomic E-state index is 0.0162. The van der Waals surface area contributed by atoms with E-state index in [1.807, 2.05) is 49.1 Å². The number of piperidine rings is 1. The van der Waals surface area contributed by atoms with E-state index < -0.39 is 6.04 Å². The Morgan fingerprint density at radius 1 is 1.00 bits per heavy atom. The molecule has 0 aliphatic carbocycles. The molecule has 6 heteroatoms. The van der Waals surface area contributed by atoms with Gasteiger partial charge in [-0.05, 0) is 56.4 Å². The molecule has 3 amide bonds. The number of rotatable bonds is 7. The number of carbonyl (C=O) groups excluding carboxylic acids is 3. The van der Waals surface area contributed by atoms with E-state index in [0.717, 1.165) is 12.0 Å². The van der Waals surface area contributed by atoms with Crippen LogP contribution in [-0.4, -0.2) is 48.3 Å². The predicted octanol–water partition coefficient (Wildman–Crippen LogP) is 3.17. The molecular weight excluding hydrogens is 390 g/mol. The number of amides is 3. The zero-order valence-corrected chi connectivity index (χ0v) is 18.3. The summed E-state index contributed by atoms with van der Waals surface area (Å²) in [5, 5.41) is 5.86. The van der Waals surface area contributed by atoms with Crippen molar-refractivity contribution in [1.29, 1.82) is 0 Å². The van der Waals surface area contributed by atoms with Crippen LogP contribution < -0.4 is 10.6 Å². The molecule has 31 heavy (non-hydrogen) atoms. The van der Waals surface area contributed by atoms with Crippen molar-refractivity contribution >= 4 is 17.7 Å². The summed E-state index contributed by atoms with van der Waals surface area (Å²) in [7, 11) is 0. The standard InChI is InChI=1S/C25H31N3O3/c1-3-14-26-24(30)22(27-23(29)20-9-5-4-6-10-20)19-12-15-28(16-13-19)25(31)21-11-7-8-18(2)17-21/h4-11,17,19,22H,3,12-16H2,1-2H3,(H,26,30)(H,27,29)/t22-/m0/s1. The molecule has 164 valence electrons. The lowest BCUT2D eigenvalue weighted by Crippen LogP contribution is -2.54. The minimum Gasteiger partial charge on any atom is -0.354 e. The lowest BCUT2D eigenvalue weighted by molar-refractivity contribution is -0.124. The first kappa shape index (κ1) is 22.5. The Hall–Kier alpha value is -3.15. The summed E-state index contributed by atoms with van der Waals surface area (Å²) in [6, 6.07) is 15.9. The molecule has 1 saturated heterocycles. The first-order valence-electron chi connectivity index (χ1n) is 11.0. The fourth-order valence-electron chi connectivity index (χ4n) is 3.97. The predicted molar refractivity (Wildman–Crippen MR) is 121 cm³/mol. The summed E-state index contributed by atoms with van der Waals surface area (Å²) < 4.78 is 0. The highest BCUT2D eigenvalue weighted by atomic mass is 16.2. The molecule has 2 N–H and O–H groups in total. The summed E-state index contributed by atoms with van der Waals surface area (Å²) in [4.78, 5) is 40.2.